The van der Waals surface area contributed by atoms with E-state index in [9.17, 15) is 0 Å². The zero-order valence-corrected chi connectivity index (χ0v) is 9.49. The minimum Gasteiger partial charge on any atom is -0.368 e. The first-order valence-electron chi connectivity index (χ1n) is 5.18. The summed E-state index contributed by atoms with van der Waals surface area (Å²) in [4.78, 5) is 9.30. The maximum Gasteiger partial charge on any atom is 0.246 e. The molecular weight excluding hydrogens is 204 g/mol. The second-order valence-corrected chi connectivity index (χ2v) is 3.86. The summed E-state index contributed by atoms with van der Waals surface area (Å²) < 4.78 is 0. The van der Waals surface area contributed by atoms with Gasteiger partial charge in [0.25, 0.3) is 0 Å². The Morgan fingerprint density at radius 2 is 2.25 bits per heavy atom. The molecular formula is C10H16N6. The number of rotatable bonds is 4. The van der Waals surface area contributed by atoms with Crippen LogP contribution in [0.2, 0.25) is 0 Å². The molecule has 4 N–H and O–H groups in total. The summed E-state index contributed by atoms with van der Waals surface area (Å²) in [5.41, 5.74) is 7.86. The number of nitrogen functional groups attached to an aromatic ring is 1. The molecule has 0 aliphatic heterocycles. The summed E-state index contributed by atoms with van der Waals surface area (Å²) in [7, 11) is 1.94. The molecule has 0 atom stereocenters. The largest absolute Gasteiger partial charge is 0.368 e. The van der Waals surface area contributed by atoms with Crippen LogP contribution in [0.4, 0.5) is 11.9 Å². The molecule has 0 spiro atoms. The van der Waals surface area contributed by atoms with Crippen LogP contribution in [0.5, 0.6) is 0 Å². The molecule has 86 valence electrons. The van der Waals surface area contributed by atoms with Crippen molar-refractivity contribution in [3.05, 3.63) is 23.5 Å². The van der Waals surface area contributed by atoms with Gasteiger partial charge in [0, 0.05) is 31.4 Å². The molecule has 0 amide bonds. The SMILES string of the molecule is Cc1ccc(CCN(C)c2n[nH]c(N)n2)[nH]1. The summed E-state index contributed by atoms with van der Waals surface area (Å²) in [5, 5.41) is 6.61. The number of nitrogens with one attached hydrogen (secondary N) is 2. The fourth-order valence-corrected chi connectivity index (χ4v) is 1.53. The number of aromatic amines is 2. The van der Waals surface area contributed by atoms with E-state index in [0.717, 1.165) is 13.0 Å². The highest BCUT2D eigenvalue weighted by atomic mass is 15.4. The van der Waals surface area contributed by atoms with Gasteiger partial charge in [-0.3, -0.25) is 0 Å². The van der Waals surface area contributed by atoms with E-state index in [4.69, 9.17) is 5.73 Å². The lowest BCUT2D eigenvalue weighted by atomic mass is 10.3. The van der Waals surface area contributed by atoms with Crippen LogP contribution in [0.1, 0.15) is 11.4 Å². The molecule has 0 bridgehead atoms. The molecule has 6 heteroatoms. The van der Waals surface area contributed by atoms with Crippen LogP contribution in [0.15, 0.2) is 12.1 Å². The Labute approximate surface area is 93.9 Å². The number of nitrogens with two attached hydrogens (primary N) is 1. The van der Waals surface area contributed by atoms with E-state index in [0.29, 0.717) is 11.9 Å². The summed E-state index contributed by atoms with van der Waals surface area (Å²) in [6.45, 7) is 2.89. The molecule has 0 saturated carbocycles. The lowest BCUT2D eigenvalue weighted by Gasteiger charge is -2.13. The highest BCUT2D eigenvalue weighted by Crippen LogP contribution is 2.07. The van der Waals surface area contributed by atoms with Crippen LogP contribution in [0.25, 0.3) is 0 Å². The Morgan fingerprint density at radius 3 is 2.81 bits per heavy atom. The molecule has 0 aliphatic carbocycles. The zero-order valence-electron chi connectivity index (χ0n) is 9.49. The lowest BCUT2D eigenvalue weighted by Crippen LogP contribution is -2.21. The lowest BCUT2D eigenvalue weighted by molar-refractivity contribution is 0.826. The van der Waals surface area contributed by atoms with Gasteiger partial charge in [-0.25, -0.2) is 5.10 Å². The number of hydrogen-bond donors (Lipinski definition) is 3. The molecule has 0 aromatic carbocycles. The van der Waals surface area contributed by atoms with Gasteiger partial charge in [-0.15, -0.1) is 5.10 Å². The van der Waals surface area contributed by atoms with E-state index < -0.39 is 0 Å². The molecule has 2 aromatic heterocycles. The van der Waals surface area contributed by atoms with Crippen LogP contribution < -0.4 is 10.6 Å². The summed E-state index contributed by atoms with van der Waals surface area (Å²) in [6, 6.07) is 4.16. The second-order valence-electron chi connectivity index (χ2n) is 3.86. The molecule has 0 fully saturated rings. The molecule has 2 heterocycles. The van der Waals surface area contributed by atoms with Gasteiger partial charge in [-0.05, 0) is 19.1 Å². The third-order valence-corrected chi connectivity index (χ3v) is 2.44. The number of nitrogens with zero attached hydrogens (tertiary/aromatic N) is 3. The molecule has 0 aliphatic rings. The third kappa shape index (κ3) is 2.33. The van der Waals surface area contributed by atoms with Crippen LogP contribution in [-0.2, 0) is 6.42 Å². The number of aryl methyl sites for hydroxylation is 1. The Bertz CT molecular complexity index is 457. The minimum atomic E-state index is 0.345. The topological polar surface area (TPSA) is 86.6 Å². The maximum absolute atomic E-state index is 5.46. The van der Waals surface area contributed by atoms with Crippen LogP contribution >= 0.6 is 0 Å². The number of anilines is 2. The van der Waals surface area contributed by atoms with Crippen molar-refractivity contribution in [3.63, 3.8) is 0 Å². The van der Waals surface area contributed by atoms with Gasteiger partial charge in [-0.1, -0.05) is 0 Å². The predicted molar refractivity (Wildman–Crippen MR) is 63.3 cm³/mol. The van der Waals surface area contributed by atoms with E-state index in [1.54, 1.807) is 0 Å². The number of likely N-dealkylation sites (N-methyl/N-ethyl adjacent to an activating group) is 1. The Balaban J connectivity index is 1.91. The van der Waals surface area contributed by atoms with Crippen molar-refractivity contribution in [2.24, 2.45) is 0 Å². The summed E-state index contributed by atoms with van der Waals surface area (Å²) >= 11 is 0. The van der Waals surface area contributed by atoms with Crippen molar-refractivity contribution in [2.75, 3.05) is 24.2 Å². The molecule has 16 heavy (non-hydrogen) atoms. The summed E-state index contributed by atoms with van der Waals surface area (Å²) in [6.07, 6.45) is 0.929. The van der Waals surface area contributed by atoms with Crippen LogP contribution in [0.3, 0.4) is 0 Å². The first kappa shape index (κ1) is 10.5. The average molecular weight is 220 g/mol. The molecule has 0 saturated heterocycles. The minimum absolute atomic E-state index is 0.345. The first-order chi connectivity index (χ1) is 7.65. The van der Waals surface area contributed by atoms with Gasteiger partial charge in [0.2, 0.25) is 11.9 Å². The molecule has 2 aromatic rings. The Morgan fingerprint density at radius 1 is 1.44 bits per heavy atom. The fourth-order valence-electron chi connectivity index (χ4n) is 1.53. The fraction of sp³-hybridized carbons (Fsp3) is 0.400. The van der Waals surface area contributed by atoms with E-state index in [2.05, 4.69) is 32.3 Å². The van der Waals surface area contributed by atoms with Crippen molar-refractivity contribution < 1.29 is 0 Å². The normalized spacial score (nSPS) is 10.6. The number of hydrogen-bond acceptors (Lipinski definition) is 4. The average Bonchev–Trinajstić information content (AvgIpc) is 2.84. The summed E-state index contributed by atoms with van der Waals surface area (Å²) in [5.74, 6) is 0.971. The van der Waals surface area contributed by atoms with Crippen LogP contribution in [0, 0.1) is 6.92 Å². The van der Waals surface area contributed by atoms with Crippen molar-refractivity contribution >= 4 is 11.9 Å². The van der Waals surface area contributed by atoms with Gasteiger partial charge in [0.15, 0.2) is 0 Å². The van der Waals surface area contributed by atoms with E-state index in [1.165, 1.54) is 11.4 Å². The third-order valence-electron chi connectivity index (χ3n) is 2.44. The highest BCUT2D eigenvalue weighted by molar-refractivity contribution is 5.32. The Hall–Kier alpha value is -1.98. The van der Waals surface area contributed by atoms with Crippen molar-refractivity contribution in [1.29, 1.82) is 0 Å². The van der Waals surface area contributed by atoms with Crippen molar-refractivity contribution in [3.8, 4) is 0 Å². The Kier molecular flexibility index (Phi) is 2.80. The van der Waals surface area contributed by atoms with Gasteiger partial charge in [0.05, 0.1) is 0 Å². The monoisotopic (exact) mass is 220 g/mol. The quantitative estimate of drug-likeness (QED) is 0.708. The molecule has 0 unspecified atom stereocenters. The predicted octanol–water partition coefficient (Wildman–Crippen LogP) is 0.702. The van der Waals surface area contributed by atoms with E-state index in [-0.39, 0.29) is 0 Å². The van der Waals surface area contributed by atoms with Gasteiger partial charge < -0.3 is 15.6 Å². The zero-order chi connectivity index (χ0) is 11.5. The van der Waals surface area contributed by atoms with Gasteiger partial charge in [0.1, 0.15) is 0 Å². The van der Waals surface area contributed by atoms with E-state index in [1.807, 2.05) is 18.9 Å². The number of aromatic nitrogens is 4. The van der Waals surface area contributed by atoms with Gasteiger partial charge >= 0.3 is 0 Å². The molecule has 0 radical (unpaired) electrons. The highest BCUT2D eigenvalue weighted by Gasteiger charge is 2.06. The van der Waals surface area contributed by atoms with E-state index >= 15 is 0 Å². The van der Waals surface area contributed by atoms with Gasteiger partial charge in [-0.2, -0.15) is 4.98 Å². The van der Waals surface area contributed by atoms with Crippen LogP contribution in [-0.4, -0.2) is 33.8 Å². The smallest absolute Gasteiger partial charge is 0.246 e. The number of H-pyrrole nitrogens is 2. The first-order valence-corrected chi connectivity index (χ1v) is 5.18. The second kappa shape index (κ2) is 4.26. The molecule has 6 nitrogen and oxygen atoms in total. The van der Waals surface area contributed by atoms with Crippen molar-refractivity contribution in [1.82, 2.24) is 20.2 Å². The maximum atomic E-state index is 5.46. The standard InChI is InChI=1S/C10H16N6/c1-7-3-4-8(12-7)5-6-16(2)10-13-9(11)14-15-10/h3-4,12H,5-6H2,1-2H3,(H3,11,13,14,15). The van der Waals surface area contributed by atoms with Crippen molar-refractivity contribution in [2.45, 2.75) is 13.3 Å². The molecule has 2 rings (SSSR count).